The molecule has 0 saturated carbocycles. The summed E-state index contributed by atoms with van der Waals surface area (Å²) in [6.45, 7) is 1.71. The monoisotopic (exact) mass is 212 g/mol. The number of fused-ring (bicyclic) bond motifs is 1. The molecule has 0 aliphatic carbocycles. The van der Waals surface area contributed by atoms with Gasteiger partial charge in [0.15, 0.2) is 5.65 Å². The fraction of sp³-hybridized carbons (Fsp3) is 0.182. The fourth-order valence-electron chi connectivity index (χ4n) is 1.54. The first-order valence-corrected chi connectivity index (χ1v) is 4.62. The summed E-state index contributed by atoms with van der Waals surface area (Å²) in [6, 6.07) is 1.96. The molecular formula is C11H8N4O. The molecule has 2 aromatic rings. The number of nitrogens with one attached hydrogen (secondary N) is 1. The second-order valence-electron chi connectivity index (χ2n) is 3.32. The van der Waals surface area contributed by atoms with Gasteiger partial charge in [0.25, 0.3) is 5.56 Å². The Morgan fingerprint density at radius 2 is 2.44 bits per heavy atom. The zero-order chi connectivity index (χ0) is 11.7. The molecule has 0 atom stereocenters. The van der Waals surface area contributed by atoms with Gasteiger partial charge >= 0.3 is 0 Å². The van der Waals surface area contributed by atoms with Crippen molar-refractivity contribution in [2.24, 2.45) is 0 Å². The topological polar surface area (TPSA) is 73.9 Å². The minimum absolute atomic E-state index is 0.238. The highest BCUT2D eigenvalue weighted by molar-refractivity contribution is 5.54. The first kappa shape index (κ1) is 10.0. The van der Waals surface area contributed by atoms with E-state index in [-0.39, 0.29) is 12.0 Å². The lowest BCUT2D eigenvalue weighted by atomic mass is 10.2. The summed E-state index contributed by atoms with van der Waals surface area (Å²) in [5, 5.41) is 11.5. The van der Waals surface area contributed by atoms with E-state index < -0.39 is 0 Å². The Kier molecular flexibility index (Phi) is 2.23. The van der Waals surface area contributed by atoms with E-state index >= 15 is 0 Å². The van der Waals surface area contributed by atoms with Crippen LogP contribution in [-0.2, 0) is 6.42 Å². The van der Waals surface area contributed by atoms with Crippen LogP contribution in [0.25, 0.3) is 5.65 Å². The van der Waals surface area contributed by atoms with Crippen LogP contribution in [0, 0.1) is 30.6 Å². The van der Waals surface area contributed by atoms with Gasteiger partial charge in [0.1, 0.15) is 11.6 Å². The van der Waals surface area contributed by atoms with Crippen molar-refractivity contribution < 1.29 is 0 Å². The number of aryl methyl sites for hydroxylation is 1. The molecule has 0 aliphatic rings. The van der Waals surface area contributed by atoms with Crippen LogP contribution in [0.15, 0.2) is 11.0 Å². The molecule has 0 bridgehead atoms. The van der Waals surface area contributed by atoms with E-state index in [2.05, 4.69) is 16.0 Å². The van der Waals surface area contributed by atoms with Crippen molar-refractivity contribution in [2.75, 3.05) is 0 Å². The normalized spacial score (nSPS) is 9.94. The van der Waals surface area contributed by atoms with Crippen LogP contribution in [0.1, 0.15) is 16.8 Å². The summed E-state index contributed by atoms with van der Waals surface area (Å²) in [5.41, 5.74) is 1.48. The van der Waals surface area contributed by atoms with Crippen LogP contribution < -0.4 is 5.56 Å². The summed E-state index contributed by atoms with van der Waals surface area (Å²) in [6.07, 6.45) is 6.87. The minimum Gasteiger partial charge on any atom is -0.295 e. The van der Waals surface area contributed by atoms with Crippen LogP contribution >= 0.6 is 0 Å². The van der Waals surface area contributed by atoms with E-state index in [0.717, 1.165) is 0 Å². The SMILES string of the molecule is C#CCc1c(C)nc2c(C#N)c[nH]n2c1=O. The predicted molar refractivity (Wildman–Crippen MR) is 57.8 cm³/mol. The van der Waals surface area contributed by atoms with Crippen LogP contribution in [0.2, 0.25) is 0 Å². The molecule has 78 valence electrons. The lowest BCUT2D eigenvalue weighted by molar-refractivity contribution is 0.865. The summed E-state index contributed by atoms with van der Waals surface area (Å²) in [7, 11) is 0. The van der Waals surface area contributed by atoms with Gasteiger partial charge in [-0.15, -0.1) is 12.3 Å². The third-order valence-electron chi connectivity index (χ3n) is 2.36. The molecule has 5 nitrogen and oxygen atoms in total. The summed E-state index contributed by atoms with van der Waals surface area (Å²) in [5.74, 6) is 2.42. The molecule has 0 fully saturated rings. The Morgan fingerprint density at radius 3 is 3.06 bits per heavy atom. The van der Waals surface area contributed by atoms with Crippen molar-refractivity contribution in [2.45, 2.75) is 13.3 Å². The van der Waals surface area contributed by atoms with Gasteiger partial charge in [-0.2, -0.15) is 5.26 Å². The van der Waals surface area contributed by atoms with E-state index in [1.165, 1.54) is 10.7 Å². The highest BCUT2D eigenvalue weighted by Crippen LogP contribution is 2.07. The fourth-order valence-corrected chi connectivity index (χ4v) is 1.54. The Balaban J connectivity index is 2.88. The first-order valence-electron chi connectivity index (χ1n) is 4.62. The zero-order valence-corrected chi connectivity index (χ0v) is 8.61. The summed E-state index contributed by atoms with van der Waals surface area (Å²) in [4.78, 5) is 16.2. The number of aromatic nitrogens is 3. The molecule has 0 aromatic carbocycles. The van der Waals surface area contributed by atoms with Gasteiger partial charge in [0.05, 0.1) is 5.56 Å². The Labute approximate surface area is 91.3 Å². The molecule has 0 radical (unpaired) electrons. The van der Waals surface area contributed by atoms with E-state index in [9.17, 15) is 4.79 Å². The zero-order valence-electron chi connectivity index (χ0n) is 8.61. The van der Waals surface area contributed by atoms with Gasteiger partial charge in [-0.25, -0.2) is 9.50 Å². The molecule has 5 heteroatoms. The number of rotatable bonds is 1. The number of hydrogen-bond acceptors (Lipinski definition) is 3. The molecule has 1 N–H and O–H groups in total. The Morgan fingerprint density at radius 1 is 1.69 bits per heavy atom. The van der Waals surface area contributed by atoms with Gasteiger partial charge in [0.2, 0.25) is 0 Å². The largest absolute Gasteiger partial charge is 0.295 e. The molecule has 0 aliphatic heterocycles. The maximum atomic E-state index is 12.0. The molecule has 16 heavy (non-hydrogen) atoms. The van der Waals surface area contributed by atoms with Gasteiger partial charge in [-0.1, -0.05) is 0 Å². The van der Waals surface area contributed by atoms with E-state index in [1.54, 1.807) is 6.92 Å². The average molecular weight is 212 g/mol. The van der Waals surface area contributed by atoms with Crippen molar-refractivity contribution in [3.8, 4) is 18.4 Å². The quantitative estimate of drug-likeness (QED) is 0.694. The van der Waals surface area contributed by atoms with Crippen molar-refractivity contribution in [3.05, 3.63) is 33.4 Å². The number of nitrogens with zero attached hydrogens (tertiary/aromatic N) is 3. The Bertz CT molecular complexity index is 694. The lowest BCUT2D eigenvalue weighted by Gasteiger charge is -2.01. The molecule has 0 spiro atoms. The predicted octanol–water partition coefficient (Wildman–Crippen LogP) is 0.378. The molecular weight excluding hydrogens is 204 g/mol. The third-order valence-corrected chi connectivity index (χ3v) is 2.36. The van der Waals surface area contributed by atoms with Gasteiger partial charge < -0.3 is 0 Å². The second-order valence-corrected chi connectivity index (χ2v) is 3.32. The molecule has 0 amide bonds. The number of terminal acetylenes is 1. The lowest BCUT2D eigenvalue weighted by Crippen LogP contribution is -2.21. The first-order chi connectivity index (χ1) is 7.69. The molecule has 2 heterocycles. The van der Waals surface area contributed by atoms with Crippen molar-refractivity contribution >= 4 is 5.65 Å². The molecule has 0 unspecified atom stereocenters. The van der Waals surface area contributed by atoms with Gasteiger partial charge in [-0.3, -0.25) is 9.89 Å². The molecule has 0 saturated heterocycles. The summed E-state index contributed by atoms with van der Waals surface area (Å²) < 4.78 is 1.23. The van der Waals surface area contributed by atoms with Crippen LogP contribution in [0.5, 0.6) is 0 Å². The van der Waals surface area contributed by atoms with Crippen LogP contribution in [0.3, 0.4) is 0 Å². The van der Waals surface area contributed by atoms with Crippen molar-refractivity contribution in [3.63, 3.8) is 0 Å². The number of H-pyrrole nitrogens is 1. The highest BCUT2D eigenvalue weighted by atomic mass is 16.1. The third kappa shape index (κ3) is 1.27. The number of hydrogen-bond donors (Lipinski definition) is 1. The molecule has 2 aromatic heterocycles. The van der Waals surface area contributed by atoms with Crippen molar-refractivity contribution in [1.29, 1.82) is 5.26 Å². The smallest absolute Gasteiger partial charge is 0.277 e. The van der Waals surface area contributed by atoms with Gasteiger partial charge in [-0.05, 0) is 6.92 Å². The van der Waals surface area contributed by atoms with Crippen molar-refractivity contribution in [1.82, 2.24) is 14.6 Å². The van der Waals surface area contributed by atoms with Gasteiger partial charge in [0, 0.05) is 18.3 Å². The van der Waals surface area contributed by atoms with Crippen LogP contribution in [0.4, 0.5) is 0 Å². The average Bonchev–Trinajstić information content (AvgIpc) is 2.67. The summed E-state index contributed by atoms with van der Waals surface area (Å²) >= 11 is 0. The maximum Gasteiger partial charge on any atom is 0.277 e. The van der Waals surface area contributed by atoms with E-state index in [1.807, 2.05) is 6.07 Å². The van der Waals surface area contributed by atoms with E-state index in [4.69, 9.17) is 11.7 Å². The standard InChI is InChI=1S/C11H8N4O/c1-3-4-9-7(2)14-10-8(5-12)6-13-15(10)11(9)16/h1,6,13H,4H2,2H3. The second kappa shape index (κ2) is 3.56. The molecule has 2 rings (SSSR count). The minimum atomic E-state index is -0.248. The van der Waals surface area contributed by atoms with Crippen LogP contribution in [-0.4, -0.2) is 14.6 Å². The maximum absolute atomic E-state index is 12.0. The highest BCUT2D eigenvalue weighted by Gasteiger charge is 2.12. The van der Waals surface area contributed by atoms with E-state index in [0.29, 0.717) is 22.5 Å². The Hall–Kier alpha value is -2.53. The number of aromatic amines is 1. The number of nitriles is 1.